The zero-order valence-corrected chi connectivity index (χ0v) is 16.3. The molecule has 0 fully saturated rings. The van der Waals surface area contributed by atoms with Gasteiger partial charge < -0.3 is 5.32 Å². The largest absolute Gasteiger partial charge is 0.324 e. The molecule has 2 amide bonds. The Morgan fingerprint density at radius 1 is 1.00 bits per heavy atom. The first-order valence-electron chi connectivity index (χ1n) is 8.62. The van der Waals surface area contributed by atoms with Gasteiger partial charge >= 0.3 is 6.03 Å². The minimum absolute atomic E-state index is 0.280. The minimum Gasteiger partial charge on any atom is -0.307 e. The molecule has 0 aliphatic carbocycles. The number of nitrogens with one attached hydrogen (secondary N) is 2. The second kappa shape index (κ2) is 7.82. The third-order valence-corrected chi connectivity index (χ3v) is 4.82. The van der Waals surface area contributed by atoms with Gasteiger partial charge in [-0.1, -0.05) is 48.5 Å². The lowest BCUT2D eigenvalue weighted by molar-refractivity contribution is 0.262. The number of hydrogen-bond donors (Lipinski definition) is 2. The number of benzene rings is 3. The SMILES string of the molecule is O=C(Nc1nn(Cc2ccc(F)cc2)cc1Br)Nc1cccc2ccccc12. The molecular formula is C21H16BrFN4O. The van der Waals surface area contributed by atoms with E-state index in [9.17, 15) is 9.18 Å². The van der Waals surface area contributed by atoms with Crippen molar-refractivity contribution in [3.8, 4) is 0 Å². The Morgan fingerprint density at radius 2 is 1.75 bits per heavy atom. The maximum Gasteiger partial charge on any atom is 0.324 e. The van der Waals surface area contributed by atoms with Gasteiger partial charge in [-0.2, -0.15) is 5.10 Å². The molecule has 4 aromatic rings. The molecule has 4 rings (SSSR count). The molecule has 1 heterocycles. The lowest BCUT2D eigenvalue weighted by atomic mass is 10.1. The summed E-state index contributed by atoms with van der Waals surface area (Å²) in [7, 11) is 0. The molecular weight excluding hydrogens is 423 g/mol. The summed E-state index contributed by atoms with van der Waals surface area (Å²) in [6.45, 7) is 0.464. The fourth-order valence-electron chi connectivity index (χ4n) is 2.94. The Kier molecular flexibility index (Phi) is 5.08. The topological polar surface area (TPSA) is 59.0 Å². The highest BCUT2D eigenvalue weighted by Gasteiger charge is 2.12. The maximum atomic E-state index is 13.0. The van der Waals surface area contributed by atoms with Crippen LogP contribution < -0.4 is 10.6 Å². The molecule has 28 heavy (non-hydrogen) atoms. The molecule has 0 saturated carbocycles. The molecule has 7 heteroatoms. The average molecular weight is 439 g/mol. The van der Waals surface area contributed by atoms with E-state index in [1.54, 1.807) is 23.0 Å². The third kappa shape index (κ3) is 4.04. The van der Waals surface area contributed by atoms with Gasteiger partial charge in [0.1, 0.15) is 5.82 Å². The van der Waals surface area contributed by atoms with E-state index < -0.39 is 0 Å². The molecule has 0 bridgehead atoms. The number of aromatic nitrogens is 2. The Bertz CT molecular complexity index is 1140. The molecule has 3 aromatic carbocycles. The van der Waals surface area contributed by atoms with E-state index in [4.69, 9.17) is 0 Å². The van der Waals surface area contributed by atoms with Crippen LogP contribution in [-0.2, 0) is 6.54 Å². The molecule has 0 radical (unpaired) electrons. The number of hydrogen-bond acceptors (Lipinski definition) is 2. The normalized spacial score (nSPS) is 10.8. The van der Waals surface area contributed by atoms with E-state index in [1.165, 1.54) is 12.1 Å². The molecule has 140 valence electrons. The van der Waals surface area contributed by atoms with E-state index in [-0.39, 0.29) is 11.8 Å². The molecule has 0 unspecified atom stereocenters. The molecule has 0 atom stereocenters. The van der Waals surface area contributed by atoms with Crippen molar-refractivity contribution in [1.82, 2.24) is 9.78 Å². The van der Waals surface area contributed by atoms with Crippen molar-refractivity contribution in [2.75, 3.05) is 10.6 Å². The van der Waals surface area contributed by atoms with Gasteiger partial charge in [-0.05, 0) is 45.1 Å². The molecule has 5 nitrogen and oxygen atoms in total. The van der Waals surface area contributed by atoms with Crippen LogP contribution in [0, 0.1) is 5.82 Å². The van der Waals surface area contributed by atoms with Crippen LogP contribution in [-0.4, -0.2) is 15.8 Å². The number of nitrogens with zero attached hydrogens (tertiary/aromatic N) is 2. The van der Waals surface area contributed by atoms with Crippen LogP contribution in [0.1, 0.15) is 5.56 Å². The van der Waals surface area contributed by atoms with E-state index in [0.717, 1.165) is 22.0 Å². The maximum absolute atomic E-state index is 13.0. The smallest absolute Gasteiger partial charge is 0.307 e. The van der Waals surface area contributed by atoms with Crippen LogP contribution in [0.4, 0.5) is 20.7 Å². The van der Waals surface area contributed by atoms with Crippen molar-refractivity contribution in [3.63, 3.8) is 0 Å². The van der Waals surface area contributed by atoms with Crippen LogP contribution >= 0.6 is 15.9 Å². The van der Waals surface area contributed by atoms with Crippen molar-refractivity contribution < 1.29 is 9.18 Å². The predicted molar refractivity (Wildman–Crippen MR) is 112 cm³/mol. The van der Waals surface area contributed by atoms with Gasteiger partial charge in [0.05, 0.1) is 16.7 Å². The lowest BCUT2D eigenvalue weighted by Gasteiger charge is -2.09. The first-order valence-corrected chi connectivity index (χ1v) is 9.41. The Hall–Kier alpha value is -3.19. The number of halogens is 2. The third-order valence-electron chi connectivity index (χ3n) is 4.24. The summed E-state index contributed by atoms with van der Waals surface area (Å²) in [5, 5.41) is 12.0. The van der Waals surface area contributed by atoms with Crippen molar-refractivity contribution >= 4 is 44.2 Å². The number of carbonyl (C=O) groups excluding carboxylic acids is 1. The molecule has 2 N–H and O–H groups in total. The fourth-order valence-corrected chi connectivity index (χ4v) is 3.35. The standard InChI is InChI=1S/C21H16BrFN4O/c22-18-13-27(12-14-8-10-16(23)11-9-14)26-20(18)25-21(28)24-19-7-3-5-15-4-1-2-6-17(15)19/h1-11,13H,12H2,(H2,24,25,26,28). The number of amides is 2. The zero-order valence-electron chi connectivity index (χ0n) is 14.7. The summed E-state index contributed by atoms with van der Waals surface area (Å²) in [6, 6.07) is 19.4. The van der Waals surface area contributed by atoms with E-state index >= 15 is 0 Å². The van der Waals surface area contributed by atoms with Gasteiger partial charge in [-0.25, -0.2) is 9.18 Å². The van der Waals surface area contributed by atoms with E-state index in [2.05, 4.69) is 31.7 Å². The highest BCUT2D eigenvalue weighted by molar-refractivity contribution is 9.10. The van der Waals surface area contributed by atoms with Crippen LogP contribution in [0.25, 0.3) is 10.8 Å². The molecule has 0 aliphatic heterocycles. The zero-order chi connectivity index (χ0) is 19.5. The average Bonchev–Trinajstić information content (AvgIpc) is 3.02. The number of urea groups is 1. The summed E-state index contributed by atoms with van der Waals surface area (Å²) in [5.41, 5.74) is 1.63. The highest BCUT2D eigenvalue weighted by Crippen LogP contribution is 2.24. The monoisotopic (exact) mass is 438 g/mol. The Balaban J connectivity index is 1.47. The minimum atomic E-state index is -0.385. The molecule has 0 aliphatic rings. The number of fused-ring (bicyclic) bond motifs is 1. The molecule has 1 aromatic heterocycles. The number of rotatable bonds is 4. The van der Waals surface area contributed by atoms with Gasteiger partial charge in [0, 0.05) is 11.6 Å². The quantitative estimate of drug-likeness (QED) is 0.433. The van der Waals surface area contributed by atoms with E-state index in [1.807, 2.05) is 42.5 Å². The first kappa shape index (κ1) is 18.2. The summed E-state index contributed by atoms with van der Waals surface area (Å²) in [5.74, 6) is 0.123. The van der Waals surface area contributed by atoms with Gasteiger partial charge in [0.25, 0.3) is 0 Å². The summed E-state index contributed by atoms with van der Waals surface area (Å²) in [6.07, 6.45) is 1.76. The summed E-state index contributed by atoms with van der Waals surface area (Å²) >= 11 is 3.41. The fraction of sp³-hybridized carbons (Fsp3) is 0.0476. The van der Waals surface area contributed by atoms with Crippen LogP contribution in [0.2, 0.25) is 0 Å². The second-order valence-electron chi connectivity index (χ2n) is 6.26. The van der Waals surface area contributed by atoms with Crippen LogP contribution in [0.3, 0.4) is 0 Å². The Labute approximate surface area is 169 Å². The van der Waals surface area contributed by atoms with Crippen molar-refractivity contribution in [2.45, 2.75) is 6.54 Å². The summed E-state index contributed by atoms with van der Waals surface area (Å²) < 4.78 is 15.4. The highest BCUT2D eigenvalue weighted by atomic mass is 79.9. The van der Waals surface area contributed by atoms with Crippen molar-refractivity contribution in [3.05, 3.63) is 88.8 Å². The summed E-state index contributed by atoms with van der Waals surface area (Å²) in [4.78, 5) is 12.4. The van der Waals surface area contributed by atoms with Gasteiger partial charge in [0.2, 0.25) is 0 Å². The van der Waals surface area contributed by atoms with Gasteiger partial charge in [-0.15, -0.1) is 0 Å². The Morgan fingerprint density at radius 3 is 2.57 bits per heavy atom. The van der Waals surface area contributed by atoms with Crippen molar-refractivity contribution in [2.24, 2.45) is 0 Å². The molecule has 0 spiro atoms. The van der Waals surface area contributed by atoms with E-state index in [0.29, 0.717) is 16.8 Å². The molecule has 0 saturated heterocycles. The number of carbonyl (C=O) groups is 1. The first-order chi connectivity index (χ1) is 13.6. The lowest BCUT2D eigenvalue weighted by Crippen LogP contribution is -2.20. The van der Waals surface area contributed by atoms with Crippen LogP contribution in [0.15, 0.2) is 77.4 Å². The second-order valence-corrected chi connectivity index (χ2v) is 7.11. The van der Waals surface area contributed by atoms with Gasteiger partial charge in [0.15, 0.2) is 5.82 Å². The number of anilines is 2. The van der Waals surface area contributed by atoms with Gasteiger partial charge in [-0.3, -0.25) is 10.00 Å². The van der Waals surface area contributed by atoms with Crippen LogP contribution in [0.5, 0.6) is 0 Å². The predicted octanol–water partition coefficient (Wildman–Crippen LogP) is 5.63. The van der Waals surface area contributed by atoms with Crippen molar-refractivity contribution in [1.29, 1.82) is 0 Å².